The molecule has 2 aromatic rings. The van der Waals surface area contributed by atoms with Crippen molar-refractivity contribution in [3.8, 4) is 0 Å². The van der Waals surface area contributed by atoms with Crippen molar-refractivity contribution in [1.29, 1.82) is 0 Å². The van der Waals surface area contributed by atoms with Crippen LogP contribution in [0.5, 0.6) is 0 Å². The van der Waals surface area contributed by atoms with E-state index in [-0.39, 0.29) is 23.7 Å². The zero-order valence-electron chi connectivity index (χ0n) is 19.6. The van der Waals surface area contributed by atoms with Crippen molar-refractivity contribution < 1.29 is 9.59 Å². The molecule has 0 spiro atoms. The fourth-order valence-electron chi connectivity index (χ4n) is 4.80. The van der Waals surface area contributed by atoms with Crippen LogP contribution in [0.15, 0.2) is 60.7 Å². The molecule has 1 N–H and O–H groups in total. The van der Waals surface area contributed by atoms with E-state index in [0.29, 0.717) is 25.3 Å². The Morgan fingerprint density at radius 1 is 0.906 bits per heavy atom. The van der Waals surface area contributed by atoms with E-state index < -0.39 is 0 Å². The lowest BCUT2D eigenvalue weighted by Gasteiger charge is -2.34. The van der Waals surface area contributed by atoms with E-state index >= 15 is 0 Å². The molecule has 2 amide bonds. The van der Waals surface area contributed by atoms with Gasteiger partial charge in [0.2, 0.25) is 11.8 Å². The number of hydrogen-bond donors (Lipinski definition) is 1. The highest BCUT2D eigenvalue weighted by atomic mass is 16.2. The predicted molar refractivity (Wildman–Crippen MR) is 130 cm³/mol. The van der Waals surface area contributed by atoms with E-state index in [1.165, 1.54) is 11.1 Å². The third-order valence-corrected chi connectivity index (χ3v) is 6.84. The van der Waals surface area contributed by atoms with Gasteiger partial charge in [0.05, 0.1) is 0 Å². The van der Waals surface area contributed by atoms with Gasteiger partial charge in [-0.2, -0.15) is 0 Å². The Labute approximate surface area is 193 Å². The first kappa shape index (κ1) is 24.0. The highest BCUT2D eigenvalue weighted by molar-refractivity contribution is 5.78. The zero-order chi connectivity index (χ0) is 22.8. The van der Waals surface area contributed by atoms with Crippen molar-refractivity contribution >= 4 is 11.8 Å². The van der Waals surface area contributed by atoms with Gasteiger partial charge < -0.3 is 10.2 Å². The van der Waals surface area contributed by atoms with Crippen LogP contribution in [0.1, 0.15) is 75.3 Å². The Morgan fingerprint density at radius 2 is 1.47 bits per heavy atom. The monoisotopic (exact) mass is 434 g/mol. The average molecular weight is 435 g/mol. The maximum atomic E-state index is 13.0. The fraction of sp³-hybridized carbons (Fsp3) is 0.500. The van der Waals surface area contributed by atoms with Gasteiger partial charge in [-0.3, -0.25) is 9.59 Å². The Balaban J connectivity index is 1.47. The van der Waals surface area contributed by atoms with Crippen LogP contribution in [0.25, 0.3) is 0 Å². The Bertz CT molecular complexity index is 837. The summed E-state index contributed by atoms with van der Waals surface area (Å²) in [7, 11) is 0. The molecule has 0 saturated carbocycles. The van der Waals surface area contributed by atoms with Crippen LogP contribution < -0.4 is 5.32 Å². The van der Waals surface area contributed by atoms with Crippen LogP contribution in [0.2, 0.25) is 0 Å². The molecule has 32 heavy (non-hydrogen) atoms. The minimum absolute atomic E-state index is 0.110. The van der Waals surface area contributed by atoms with Crippen molar-refractivity contribution in [1.82, 2.24) is 10.2 Å². The van der Waals surface area contributed by atoms with E-state index in [1.54, 1.807) is 0 Å². The summed E-state index contributed by atoms with van der Waals surface area (Å²) in [5.41, 5.74) is 2.47. The molecule has 0 radical (unpaired) electrons. The van der Waals surface area contributed by atoms with Gasteiger partial charge in [-0.1, -0.05) is 74.5 Å². The summed E-state index contributed by atoms with van der Waals surface area (Å²) in [4.78, 5) is 27.6. The van der Waals surface area contributed by atoms with Gasteiger partial charge >= 0.3 is 0 Å². The lowest BCUT2D eigenvalue weighted by molar-refractivity contribution is -0.133. The maximum absolute atomic E-state index is 13.0. The highest BCUT2D eigenvalue weighted by Gasteiger charge is 2.26. The molecule has 3 atom stereocenters. The molecule has 1 heterocycles. The molecule has 1 saturated heterocycles. The van der Waals surface area contributed by atoms with Crippen LogP contribution in [0.3, 0.4) is 0 Å². The maximum Gasteiger partial charge on any atom is 0.223 e. The van der Waals surface area contributed by atoms with Crippen molar-refractivity contribution in [3.63, 3.8) is 0 Å². The summed E-state index contributed by atoms with van der Waals surface area (Å²) in [5, 5.41) is 3.15. The summed E-state index contributed by atoms with van der Waals surface area (Å²) >= 11 is 0. The van der Waals surface area contributed by atoms with Crippen LogP contribution >= 0.6 is 0 Å². The third-order valence-electron chi connectivity index (χ3n) is 6.84. The standard InChI is InChI=1S/C28H38N2O2/c1-3-23(25-13-7-5-8-14-25)18-27(31)29-20-22-12-11-17-30(21-22)28(32)19-24(4-2)26-15-9-6-10-16-26/h5-10,13-16,22-24H,3-4,11-12,17-21H2,1-2H3,(H,29,31)/t22-,23-,24+/m0/s1. The summed E-state index contributed by atoms with van der Waals surface area (Å²) < 4.78 is 0. The fourth-order valence-corrected chi connectivity index (χ4v) is 4.80. The molecule has 0 unspecified atom stereocenters. The number of likely N-dealkylation sites (tertiary alicyclic amines) is 1. The first-order valence-electron chi connectivity index (χ1n) is 12.2. The van der Waals surface area contributed by atoms with E-state index in [9.17, 15) is 9.59 Å². The number of benzene rings is 2. The molecule has 0 aromatic heterocycles. The number of carbonyl (C=O) groups excluding carboxylic acids is 2. The summed E-state index contributed by atoms with van der Waals surface area (Å²) in [6.45, 7) is 6.53. The second-order valence-electron chi connectivity index (χ2n) is 9.09. The van der Waals surface area contributed by atoms with E-state index in [1.807, 2.05) is 41.3 Å². The van der Waals surface area contributed by atoms with Crippen LogP contribution in [-0.2, 0) is 9.59 Å². The van der Waals surface area contributed by atoms with E-state index in [0.717, 1.165) is 38.8 Å². The molecular weight excluding hydrogens is 396 g/mol. The molecule has 4 nitrogen and oxygen atoms in total. The number of hydrogen-bond acceptors (Lipinski definition) is 2. The molecule has 2 aromatic carbocycles. The van der Waals surface area contributed by atoms with Crippen molar-refractivity contribution in [2.24, 2.45) is 5.92 Å². The second-order valence-corrected chi connectivity index (χ2v) is 9.09. The Morgan fingerprint density at radius 3 is 2.03 bits per heavy atom. The Hall–Kier alpha value is -2.62. The number of nitrogens with zero attached hydrogens (tertiary/aromatic N) is 1. The quantitative estimate of drug-likeness (QED) is 0.536. The SMILES string of the molecule is CC[C@H](CC(=O)N1CCC[C@@H](CNC(=O)C[C@H](CC)c2ccccc2)C1)c1ccccc1. The van der Waals surface area contributed by atoms with Gasteiger partial charge in [0, 0.05) is 32.5 Å². The molecule has 172 valence electrons. The summed E-state index contributed by atoms with van der Waals surface area (Å²) in [6.07, 6.45) is 5.07. The molecule has 1 aliphatic rings. The van der Waals surface area contributed by atoms with Crippen molar-refractivity contribution in [3.05, 3.63) is 71.8 Å². The molecule has 3 rings (SSSR count). The minimum atomic E-state index is 0.110. The van der Waals surface area contributed by atoms with Gasteiger partial charge in [0.15, 0.2) is 0 Å². The van der Waals surface area contributed by atoms with Crippen LogP contribution in [-0.4, -0.2) is 36.3 Å². The van der Waals surface area contributed by atoms with Crippen molar-refractivity contribution in [2.45, 2.75) is 64.2 Å². The third kappa shape index (κ3) is 6.94. The summed E-state index contributed by atoms with van der Waals surface area (Å²) in [5.74, 6) is 1.22. The molecule has 4 heteroatoms. The lowest BCUT2D eigenvalue weighted by Crippen LogP contribution is -2.44. The number of nitrogens with one attached hydrogen (secondary N) is 1. The second kappa shape index (κ2) is 12.4. The summed E-state index contributed by atoms with van der Waals surface area (Å²) in [6, 6.07) is 20.6. The first-order valence-corrected chi connectivity index (χ1v) is 12.2. The highest BCUT2D eigenvalue weighted by Crippen LogP contribution is 2.26. The lowest BCUT2D eigenvalue weighted by atomic mass is 9.91. The van der Waals surface area contributed by atoms with Crippen LogP contribution in [0, 0.1) is 5.92 Å². The topological polar surface area (TPSA) is 49.4 Å². The number of carbonyl (C=O) groups is 2. The Kier molecular flexibility index (Phi) is 9.33. The van der Waals surface area contributed by atoms with Gasteiger partial charge in [-0.25, -0.2) is 0 Å². The van der Waals surface area contributed by atoms with Gasteiger partial charge in [-0.05, 0) is 54.6 Å². The smallest absolute Gasteiger partial charge is 0.223 e. The van der Waals surface area contributed by atoms with Gasteiger partial charge in [0.1, 0.15) is 0 Å². The number of amides is 2. The van der Waals surface area contributed by atoms with E-state index in [4.69, 9.17) is 0 Å². The van der Waals surface area contributed by atoms with Crippen molar-refractivity contribution in [2.75, 3.05) is 19.6 Å². The van der Waals surface area contributed by atoms with E-state index in [2.05, 4.69) is 43.4 Å². The number of piperidine rings is 1. The zero-order valence-corrected chi connectivity index (χ0v) is 19.6. The molecule has 0 bridgehead atoms. The molecule has 1 fully saturated rings. The van der Waals surface area contributed by atoms with Gasteiger partial charge in [0.25, 0.3) is 0 Å². The molecule has 0 aliphatic carbocycles. The molecule has 1 aliphatic heterocycles. The molecular formula is C28H38N2O2. The number of rotatable bonds is 10. The van der Waals surface area contributed by atoms with Gasteiger partial charge in [-0.15, -0.1) is 0 Å². The van der Waals surface area contributed by atoms with Crippen LogP contribution in [0.4, 0.5) is 0 Å². The predicted octanol–water partition coefficient (Wildman–Crippen LogP) is 5.51. The first-order chi connectivity index (χ1) is 15.6. The normalized spacial score (nSPS) is 18.1. The minimum Gasteiger partial charge on any atom is -0.356 e. The largest absolute Gasteiger partial charge is 0.356 e. The average Bonchev–Trinajstić information content (AvgIpc) is 2.85.